The molecule has 1 aromatic heterocycles. The molecule has 6 heteroatoms. The SMILES string of the molecule is CCOc1cccc(N)c1-c1nnnn1C(CC)CC. The van der Waals surface area contributed by atoms with Gasteiger partial charge in [0.1, 0.15) is 5.75 Å². The topological polar surface area (TPSA) is 78.8 Å². The van der Waals surface area contributed by atoms with Crippen LogP contribution >= 0.6 is 0 Å². The first kappa shape index (κ1) is 14.3. The lowest BCUT2D eigenvalue weighted by atomic mass is 10.1. The molecule has 0 saturated carbocycles. The Kier molecular flexibility index (Phi) is 4.55. The monoisotopic (exact) mass is 275 g/mol. The van der Waals surface area contributed by atoms with Gasteiger partial charge in [0.05, 0.1) is 18.2 Å². The summed E-state index contributed by atoms with van der Waals surface area (Å²) in [6.45, 7) is 6.76. The Hall–Kier alpha value is -2.11. The second-order valence-electron chi connectivity index (χ2n) is 4.57. The molecule has 1 aromatic carbocycles. The second kappa shape index (κ2) is 6.36. The lowest BCUT2D eigenvalue weighted by molar-refractivity contribution is 0.341. The highest BCUT2D eigenvalue weighted by atomic mass is 16.5. The van der Waals surface area contributed by atoms with Gasteiger partial charge >= 0.3 is 0 Å². The largest absolute Gasteiger partial charge is 0.493 e. The van der Waals surface area contributed by atoms with Crippen LogP contribution in [0, 0.1) is 0 Å². The normalized spacial score (nSPS) is 11.0. The fourth-order valence-electron chi connectivity index (χ4n) is 2.30. The zero-order chi connectivity index (χ0) is 14.5. The molecule has 0 unspecified atom stereocenters. The summed E-state index contributed by atoms with van der Waals surface area (Å²) in [5.41, 5.74) is 7.50. The highest BCUT2D eigenvalue weighted by Crippen LogP contribution is 2.35. The van der Waals surface area contributed by atoms with Gasteiger partial charge < -0.3 is 10.5 Å². The van der Waals surface area contributed by atoms with Crippen molar-refractivity contribution in [3.8, 4) is 17.1 Å². The molecule has 0 bridgehead atoms. The quantitative estimate of drug-likeness (QED) is 0.820. The molecular formula is C14H21N5O. The first-order valence-corrected chi connectivity index (χ1v) is 7.02. The van der Waals surface area contributed by atoms with E-state index in [0.29, 0.717) is 18.1 Å². The van der Waals surface area contributed by atoms with E-state index in [4.69, 9.17) is 10.5 Å². The average Bonchev–Trinajstić information content (AvgIpc) is 2.90. The highest BCUT2D eigenvalue weighted by Gasteiger charge is 2.20. The first-order chi connectivity index (χ1) is 9.72. The number of rotatable bonds is 6. The molecule has 0 spiro atoms. The number of tetrazole rings is 1. The third-order valence-corrected chi connectivity index (χ3v) is 3.36. The average molecular weight is 275 g/mol. The van der Waals surface area contributed by atoms with Crippen LogP contribution in [0.2, 0.25) is 0 Å². The third-order valence-electron chi connectivity index (χ3n) is 3.36. The van der Waals surface area contributed by atoms with Gasteiger partial charge in [-0.1, -0.05) is 19.9 Å². The molecule has 108 valence electrons. The molecule has 0 amide bonds. The van der Waals surface area contributed by atoms with Gasteiger partial charge in [-0.2, -0.15) is 0 Å². The van der Waals surface area contributed by atoms with Crippen LogP contribution < -0.4 is 10.5 Å². The van der Waals surface area contributed by atoms with Crippen LogP contribution in [0.4, 0.5) is 5.69 Å². The minimum atomic E-state index is 0.258. The van der Waals surface area contributed by atoms with Gasteiger partial charge in [-0.15, -0.1) is 5.10 Å². The van der Waals surface area contributed by atoms with Crippen LogP contribution in [0.3, 0.4) is 0 Å². The van der Waals surface area contributed by atoms with E-state index >= 15 is 0 Å². The van der Waals surface area contributed by atoms with Crippen molar-refractivity contribution < 1.29 is 4.74 Å². The van der Waals surface area contributed by atoms with Crippen molar-refractivity contribution in [2.45, 2.75) is 39.7 Å². The maximum absolute atomic E-state index is 6.11. The number of nitrogen functional groups attached to an aromatic ring is 1. The molecule has 6 nitrogen and oxygen atoms in total. The number of ether oxygens (including phenoxy) is 1. The van der Waals surface area contributed by atoms with Crippen LogP contribution in [-0.2, 0) is 0 Å². The maximum Gasteiger partial charge on any atom is 0.188 e. The molecule has 0 fully saturated rings. The van der Waals surface area contributed by atoms with Crippen LogP contribution in [-0.4, -0.2) is 26.8 Å². The van der Waals surface area contributed by atoms with Gasteiger partial charge in [0.2, 0.25) is 0 Å². The molecule has 2 N–H and O–H groups in total. The summed E-state index contributed by atoms with van der Waals surface area (Å²) < 4.78 is 7.50. The molecule has 0 aliphatic heterocycles. The van der Waals surface area contributed by atoms with Gasteiger partial charge in [0, 0.05) is 5.69 Å². The number of hydrogen-bond donors (Lipinski definition) is 1. The van der Waals surface area contributed by atoms with Crippen molar-refractivity contribution in [2.24, 2.45) is 0 Å². The zero-order valence-electron chi connectivity index (χ0n) is 12.2. The fraction of sp³-hybridized carbons (Fsp3) is 0.500. The van der Waals surface area contributed by atoms with Crippen molar-refractivity contribution in [1.29, 1.82) is 0 Å². The van der Waals surface area contributed by atoms with Crippen molar-refractivity contribution in [3.05, 3.63) is 18.2 Å². The third kappa shape index (κ3) is 2.59. The Morgan fingerprint density at radius 2 is 2.00 bits per heavy atom. The number of nitrogens with zero attached hydrogens (tertiary/aromatic N) is 4. The minimum Gasteiger partial charge on any atom is -0.493 e. The van der Waals surface area contributed by atoms with Crippen LogP contribution in [0.1, 0.15) is 39.7 Å². The molecular weight excluding hydrogens is 254 g/mol. The predicted octanol–water partition coefficient (Wildman–Crippen LogP) is 2.68. The molecule has 1 heterocycles. The summed E-state index contributed by atoms with van der Waals surface area (Å²) in [6, 6.07) is 5.86. The van der Waals surface area contributed by atoms with E-state index < -0.39 is 0 Å². The molecule has 0 aliphatic rings. The van der Waals surface area contributed by atoms with Gasteiger partial charge in [0.25, 0.3) is 0 Å². The Morgan fingerprint density at radius 1 is 1.25 bits per heavy atom. The summed E-state index contributed by atoms with van der Waals surface area (Å²) >= 11 is 0. The van der Waals surface area contributed by atoms with E-state index in [9.17, 15) is 0 Å². The standard InChI is InChI=1S/C14H21N5O/c1-4-10(5-2)19-14(16-17-18-19)13-11(15)8-7-9-12(13)20-6-3/h7-10H,4-6,15H2,1-3H3. The second-order valence-corrected chi connectivity index (χ2v) is 4.57. The lowest BCUT2D eigenvalue weighted by Crippen LogP contribution is -2.12. The van der Waals surface area contributed by atoms with E-state index in [0.717, 1.165) is 24.2 Å². The lowest BCUT2D eigenvalue weighted by Gasteiger charge is -2.17. The van der Waals surface area contributed by atoms with Gasteiger partial charge in [-0.05, 0) is 42.3 Å². The van der Waals surface area contributed by atoms with Crippen molar-refractivity contribution >= 4 is 5.69 Å². The molecule has 0 saturated heterocycles. The van der Waals surface area contributed by atoms with E-state index in [1.807, 2.05) is 29.8 Å². The molecule has 20 heavy (non-hydrogen) atoms. The summed E-state index contributed by atoms with van der Waals surface area (Å²) in [4.78, 5) is 0. The number of benzene rings is 1. The Bertz CT molecular complexity index is 562. The molecule has 0 radical (unpaired) electrons. The van der Waals surface area contributed by atoms with E-state index in [2.05, 4.69) is 29.4 Å². The van der Waals surface area contributed by atoms with Crippen molar-refractivity contribution in [3.63, 3.8) is 0 Å². The number of anilines is 1. The van der Waals surface area contributed by atoms with Crippen LogP contribution in [0.25, 0.3) is 11.4 Å². The van der Waals surface area contributed by atoms with Gasteiger partial charge in [-0.3, -0.25) is 0 Å². The molecule has 2 aromatic rings. The predicted molar refractivity (Wildman–Crippen MR) is 78.5 cm³/mol. The van der Waals surface area contributed by atoms with Gasteiger partial charge in [0.15, 0.2) is 5.82 Å². The summed E-state index contributed by atoms with van der Waals surface area (Å²) in [7, 11) is 0. The summed E-state index contributed by atoms with van der Waals surface area (Å²) in [5, 5.41) is 12.1. The van der Waals surface area contributed by atoms with E-state index in [1.165, 1.54) is 0 Å². The Morgan fingerprint density at radius 3 is 2.65 bits per heavy atom. The molecule has 0 aliphatic carbocycles. The smallest absolute Gasteiger partial charge is 0.188 e. The zero-order valence-corrected chi connectivity index (χ0v) is 12.2. The number of nitrogens with two attached hydrogens (primary N) is 1. The molecule has 0 atom stereocenters. The first-order valence-electron chi connectivity index (χ1n) is 7.02. The molecule has 2 rings (SSSR count). The summed E-state index contributed by atoms with van der Waals surface area (Å²) in [6.07, 6.45) is 1.93. The van der Waals surface area contributed by atoms with E-state index in [1.54, 1.807) is 0 Å². The van der Waals surface area contributed by atoms with Crippen LogP contribution in [0.5, 0.6) is 5.75 Å². The summed E-state index contributed by atoms with van der Waals surface area (Å²) in [5.74, 6) is 1.38. The Labute approximate surface area is 118 Å². The van der Waals surface area contributed by atoms with Gasteiger partial charge in [-0.25, -0.2) is 4.68 Å². The highest BCUT2D eigenvalue weighted by molar-refractivity contribution is 5.77. The van der Waals surface area contributed by atoms with Crippen molar-refractivity contribution in [2.75, 3.05) is 12.3 Å². The number of hydrogen-bond acceptors (Lipinski definition) is 5. The Balaban J connectivity index is 2.54. The maximum atomic E-state index is 6.11. The van der Waals surface area contributed by atoms with Crippen LogP contribution in [0.15, 0.2) is 18.2 Å². The fourth-order valence-corrected chi connectivity index (χ4v) is 2.30. The minimum absolute atomic E-state index is 0.258. The number of aromatic nitrogens is 4. The van der Waals surface area contributed by atoms with Crippen molar-refractivity contribution in [1.82, 2.24) is 20.2 Å². The van der Waals surface area contributed by atoms with E-state index in [-0.39, 0.29) is 6.04 Å².